The Balaban J connectivity index is 1.94. The smallest absolute Gasteiger partial charge is 0.123 e. The Hall–Kier alpha value is -1.06. The number of methoxy groups -OCH3 is 1. The lowest BCUT2D eigenvalue weighted by atomic mass is 9.93. The van der Waals surface area contributed by atoms with Crippen LogP contribution in [-0.4, -0.2) is 37.7 Å². The third-order valence-corrected chi connectivity index (χ3v) is 4.48. The molecular formula is C18H30N2O. The fourth-order valence-corrected chi connectivity index (χ4v) is 3.28. The summed E-state index contributed by atoms with van der Waals surface area (Å²) in [6.45, 7) is 11.2. The third kappa shape index (κ3) is 4.45. The van der Waals surface area contributed by atoms with Gasteiger partial charge < -0.3 is 10.1 Å². The lowest BCUT2D eigenvalue weighted by molar-refractivity contribution is 0.140. The fourth-order valence-electron chi connectivity index (χ4n) is 3.28. The van der Waals surface area contributed by atoms with E-state index in [1.54, 1.807) is 7.11 Å². The summed E-state index contributed by atoms with van der Waals surface area (Å²) >= 11 is 0. The van der Waals surface area contributed by atoms with Crippen LogP contribution in [0.1, 0.15) is 37.8 Å². The van der Waals surface area contributed by atoms with Crippen molar-refractivity contribution < 1.29 is 4.74 Å². The molecule has 21 heavy (non-hydrogen) atoms. The summed E-state index contributed by atoms with van der Waals surface area (Å²) in [5, 5.41) is 3.69. The van der Waals surface area contributed by atoms with Crippen molar-refractivity contribution in [2.24, 2.45) is 5.92 Å². The number of nitrogens with one attached hydrogen (secondary N) is 1. The van der Waals surface area contributed by atoms with Gasteiger partial charge in [-0.2, -0.15) is 0 Å². The van der Waals surface area contributed by atoms with Gasteiger partial charge in [0.05, 0.1) is 7.11 Å². The van der Waals surface area contributed by atoms with Gasteiger partial charge in [-0.05, 0) is 44.8 Å². The molecule has 0 bridgehead atoms. The standard InChI is InChI=1S/C18H30N2O/c1-5-9-19-17-8-10-20(12-15(17)3)13-16-11-14(2)6-7-18(16)21-4/h6-7,11,15,17,19H,5,8-10,12-13H2,1-4H3. The van der Waals surface area contributed by atoms with Gasteiger partial charge in [0.15, 0.2) is 0 Å². The highest BCUT2D eigenvalue weighted by atomic mass is 16.5. The molecule has 2 unspecified atom stereocenters. The number of hydrogen-bond acceptors (Lipinski definition) is 3. The van der Waals surface area contributed by atoms with E-state index in [2.05, 4.69) is 49.2 Å². The lowest BCUT2D eigenvalue weighted by Crippen LogP contribution is -2.48. The summed E-state index contributed by atoms with van der Waals surface area (Å²) in [5.74, 6) is 1.72. The van der Waals surface area contributed by atoms with Crippen molar-refractivity contribution in [3.63, 3.8) is 0 Å². The van der Waals surface area contributed by atoms with Crippen LogP contribution in [0.4, 0.5) is 0 Å². The summed E-state index contributed by atoms with van der Waals surface area (Å²) < 4.78 is 5.50. The van der Waals surface area contributed by atoms with Gasteiger partial charge in [0.25, 0.3) is 0 Å². The number of rotatable bonds is 6. The predicted octanol–water partition coefficient (Wildman–Crippen LogP) is 3.21. The van der Waals surface area contributed by atoms with E-state index in [1.165, 1.54) is 37.1 Å². The van der Waals surface area contributed by atoms with Gasteiger partial charge in [-0.3, -0.25) is 4.90 Å². The predicted molar refractivity (Wildman–Crippen MR) is 88.9 cm³/mol. The van der Waals surface area contributed by atoms with Crippen LogP contribution < -0.4 is 10.1 Å². The number of ether oxygens (including phenoxy) is 1. The molecule has 1 heterocycles. The zero-order valence-electron chi connectivity index (χ0n) is 14.0. The SMILES string of the molecule is CCCNC1CCN(Cc2cc(C)ccc2OC)CC1C. The molecule has 0 saturated carbocycles. The average molecular weight is 290 g/mol. The minimum atomic E-state index is 0.681. The van der Waals surface area contributed by atoms with Crippen molar-refractivity contribution in [2.45, 2.75) is 46.2 Å². The zero-order valence-corrected chi connectivity index (χ0v) is 14.0. The number of nitrogens with zero attached hydrogens (tertiary/aromatic N) is 1. The topological polar surface area (TPSA) is 24.5 Å². The molecule has 2 rings (SSSR count). The van der Waals surface area contributed by atoms with Crippen LogP contribution in [0.2, 0.25) is 0 Å². The quantitative estimate of drug-likeness (QED) is 0.870. The molecule has 1 aromatic carbocycles. The second-order valence-electron chi connectivity index (χ2n) is 6.38. The molecule has 1 fully saturated rings. The van der Waals surface area contributed by atoms with E-state index in [9.17, 15) is 0 Å². The molecule has 1 aromatic rings. The van der Waals surface area contributed by atoms with Gasteiger partial charge in [-0.25, -0.2) is 0 Å². The molecule has 0 spiro atoms. The van der Waals surface area contributed by atoms with Crippen LogP contribution in [0.25, 0.3) is 0 Å². The van der Waals surface area contributed by atoms with Crippen molar-refractivity contribution in [3.05, 3.63) is 29.3 Å². The monoisotopic (exact) mass is 290 g/mol. The Morgan fingerprint density at radius 2 is 2.19 bits per heavy atom. The summed E-state index contributed by atoms with van der Waals surface area (Å²) in [4.78, 5) is 2.56. The molecule has 0 aliphatic carbocycles. The van der Waals surface area contributed by atoms with Crippen LogP contribution in [0.5, 0.6) is 5.75 Å². The highest BCUT2D eigenvalue weighted by Crippen LogP contribution is 2.24. The highest BCUT2D eigenvalue weighted by molar-refractivity contribution is 5.36. The molecule has 1 saturated heterocycles. The van der Waals surface area contributed by atoms with Crippen molar-refractivity contribution in [3.8, 4) is 5.75 Å². The van der Waals surface area contributed by atoms with Gasteiger partial charge in [-0.15, -0.1) is 0 Å². The summed E-state index contributed by atoms with van der Waals surface area (Å²) in [5.41, 5.74) is 2.61. The molecule has 0 amide bonds. The van der Waals surface area contributed by atoms with E-state index in [0.717, 1.165) is 18.8 Å². The Bertz CT molecular complexity index is 447. The van der Waals surface area contributed by atoms with Gasteiger partial charge >= 0.3 is 0 Å². The number of aryl methyl sites for hydroxylation is 1. The van der Waals surface area contributed by atoms with E-state index in [1.807, 2.05) is 0 Å². The third-order valence-electron chi connectivity index (χ3n) is 4.48. The van der Waals surface area contributed by atoms with Gasteiger partial charge in [0, 0.05) is 24.7 Å². The van der Waals surface area contributed by atoms with Gasteiger partial charge in [0.2, 0.25) is 0 Å². The van der Waals surface area contributed by atoms with Crippen molar-refractivity contribution in [1.29, 1.82) is 0 Å². The number of hydrogen-bond donors (Lipinski definition) is 1. The molecule has 1 N–H and O–H groups in total. The van der Waals surface area contributed by atoms with Crippen LogP contribution in [0, 0.1) is 12.8 Å². The summed E-state index contributed by atoms with van der Waals surface area (Å²) in [6, 6.07) is 7.14. The Labute approximate surface area is 129 Å². The summed E-state index contributed by atoms with van der Waals surface area (Å²) in [7, 11) is 1.76. The van der Waals surface area contributed by atoms with E-state index in [0.29, 0.717) is 12.0 Å². The Kier molecular flexibility index (Phi) is 6.07. The average Bonchev–Trinajstić information content (AvgIpc) is 2.47. The maximum atomic E-state index is 5.50. The van der Waals surface area contributed by atoms with Crippen LogP contribution in [0.15, 0.2) is 18.2 Å². The molecule has 0 aromatic heterocycles. The zero-order chi connectivity index (χ0) is 15.2. The largest absolute Gasteiger partial charge is 0.496 e. The van der Waals surface area contributed by atoms with E-state index >= 15 is 0 Å². The molecule has 1 aliphatic rings. The van der Waals surface area contributed by atoms with Crippen LogP contribution >= 0.6 is 0 Å². The van der Waals surface area contributed by atoms with Crippen LogP contribution in [0.3, 0.4) is 0 Å². The minimum Gasteiger partial charge on any atom is -0.496 e. The molecule has 2 atom stereocenters. The number of benzene rings is 1. The van der Waals surface area contributed by atoms with E-state index in [4.69, 9.17) is 4.74 Å². The first-order valence-corrected chi connectivity index (χ1v) is 8.23. The molecule has 0 radical (unpaired) electrons. The van der Waals surface area contributed by atoms with Crippen LogP contribution in [-0.2, 0) is 6.54 Å². The maximum Gasteiger partial charge on any atom is 0.123 e. The minimum absolute atomic E-state index is 0.681. The van der Waals surface area contributed by atoms with E-state index < -0.39 is 0 Å². The lowest BCUT2D eigenvalue weighted by Gasteiger charge is -2.37. The Morgan fingerprint density at radius 1 is 1.38 bits per heavy atom. The second kappa shape index (κ2) is 7.81. The maximum absolute atomic E-state index is 5.50. The first kappa shape index (κ1) is 16.3. The molecule has 3 nitrogen and oxygen atoms in total. The highest BCUT2D eigenvalue weighted by Gasteiger charge is 2.25. The van der Waals surface area contributed by atoms with Crippen molar-refractivity contribution in [2.75, 3.05) is 26.7 Å². The van der Waals surface area contributed by atoms with E-state index in [-0.39, 0.29) is 0 Å². The number of likely N-dealkylation sites (tertiary alicyclic amines) is 1. The normalized spacial score (nSPS) is 23.2. The summed E-state index contributed by atoms with van der Waals surface area (Å²) in [6.07, 6.45) is 2.46. The fraction of sp³-hybridized carbons (Fsp3) is 0.667. The first-order valence-electron chi connectivity index (χ1n) is 8.23. The van der Waals surface area contributed by atoms with Gasteiger partial charge in [0.1, 0.15) is 5.75 Å². The molecule has 118 valence electrons. The second-order valence-corrected chi connectivity index (χ2v) is 6.38. The number of piperidine rings is 1. The Morgan fingerprint density at radius 3 is 2.86 bits per heavy atom. The molecular weight excluding hydrogens is 260 g/mol. The van der Waals surface area contributed by atoms with Gasteiger partial charge in [-0.1, -0.05) is 31.5 Å². The molecule has 1 aliphatic heterocycles. The van der Waals surface area contributed by atoms with Crippen molar-refractivity contribution >= 4 is 0 Å². The first-order chi connectivity index (χ1) is 10.1. The molecule has 3 heteroatoms. The van der Waals surface area contributed by atoms with Crippen molar-refractivity contribution in [1.82, 2.24) is 10.2 Å².